The number of aromatic nitrogens is 2. The Kier molecular flexibility index (Phi) is 3.21. The fourth-order valence-electron chi connectivity index (χ4n) is 2.56. The fourth-order valence-corrected chi connectivity index (χ4v) is 2.56. The van der Waals surface area contributed by atoms with Crippen LogP contribution in [0.5, 0.6) is 0 Å². The Balaban J connectivity index is 1.82. The standard InChI is InChI=1S/C14H18N4O/c1-10-4-6-13(19-10)12-5-7-14(17-16-12)18-8-2-3-11(18)9-15/h4-7,11H,2-3,8-9,15H2,1H3. The molecule has 0 spiro atoms. The van der Waals surface area contributed by atoms with Crippen molar-refractivity contribution in [2.45, 2.75) is 25.8 Å². The molecule has 1 aliphatic heterocycles. The zero-order valence-electron chi connectivity index (χ0n) is 11.0. The summed E-state index contributed by atoms with van der Waals surface area (Å²) in [6.45, 7) is 3.60. The summed E-state index contributed by atoms with van der Waals surface area (Å²) in [5, 5.41) is 8.55. The highest BCUT2D eigenvalue weighted by atomic mass is 16.3. The highest BCUT2D eigenvalue weighted by Gasteiger charge is 2.24. The van der Waals surface area contributed by atoms with Crippen molar-refractivity contribution in [1.82, 2.24) is 10.2 Å². The summed E-state index contributed by atoms with van der Waals surface area (Å²) in [7, 11) is 0. The van der Waals surface area contributed by atoms with Crippen LogP contribution < -0.4 is 10.6 Å². The summed E-state index contributed by atoms with van der Waals surface area (Å²) in [6, 6.07) is 8.18. The van der Waals surface area contributed by atoms with Crippen molar-refractivity contribution in [2.24, 2.45) is 5.73 Å². The molecule has 1 fully saturated rings. The molecule has 100 valence electrons. The fraction of sp³-hybridized carbons (Fsp3) is 0.429. The predicted octanol–water partition coefficient (Wildman–Crippen LogP) is 1.97. The van der Waals surface area contributed by atoms with Crippen LogP contribution in [-0.4, -0.2) is 29.3 Å². The number of hydrogen-bond donors (Lipinski definition) is 1. The van der Waals surface area contributed by atoms with E-state index in [1.165, 1.54) is 6.42 Å². The molecule has 1 aliphatic rings. The largest absolute Gasteiger partial charge is 0.460 e. The van der Waals surface area contributed by atoms with Crippen molar-refractivity contribution >= 4 is 5.82 Å². The van der Waals surface area contributed by atoms with Gasteiger partial charge in [-0.05, 0) is 44.0 Å². The van der Waals surface area contributed by atoms with Crippen LogP contribution in [0.1, 0.15) is 18.6 Å². The van der Waals surface area contributed by atoms with E-state index in [0.717, 1.165) is 36.0 Å². The van der Waals surface area contributed by atoms with E-state index >= 15 is 0 Å². The smallest absolute Gasteiger partial charge is 0.154 e. The zero-order valence-corrected chi connectivity index (χ0v) is 11.0. The van der Waals surface area contributed by atoms with E-state index in [2.05, 4.69) is 15.1 Å². The molecule has 0 aliphatic carbocycles. The van der Waals surface area contributed by atoms with Crippen LogP contribution in [-0.2, 0) is 0 Å². The molecule has 19 heavy (non-hydrogen) atoms. The van der Waals surface area contributed by atoms with Crippen LogP contribution in [0.4, 0.5) is 5.82 Å². The number of anilines is 1. The number of nitrogens with zero attached hydrogens (tertiary/aromatic N) is 3. The minimum absolute atomic E-state index is 0.394. The molecule has 0 radical (unpaired) electrons. The van der Waals surface area contributed by atoms with Crippen LogP contribution in [0.3, 0.4) is 0 Å². The molecule has 3 heterocycles. The van der Waals surface area contributed by atoms with Gasteiger partial charge in [0.25, 0.3) is 0 Å². The molecule has 0 aromatic carbocycles. The second-order valence-electron chi connectivity index (χ2n) is 4.91. The van der Waals surface area contributed by atoms with Gasteiger partial charge < -0.3 is 15.1 Å². The summed E-state index contributed by atoms with van der Waals surface area (Å²) in [5.41, 5.74) is 6.54. The average molecular weight is 258 g/mol. The predicted molar refractivity (Wildman–Crippen MR) is 73.9 cm³/mol. The summed E-state index contributed by atoms with van der Waals surface area (Å²) in [4.78, 5) is 2.24. The van der Waals surface area contributed by atoms with Gasteiger partial charge in [0.1, 0.15) is 11.5 Å². The van der Waals surface area contributed by atoms with Crippen LogP contribution in [0.15, 0.2) is 28.7 Å². The molecular weight excluding hydrogens is 240 g/mol. The van der Waals surface area contributed by atoms with Crippen LogP contribution in [0.25, 0.3) is 11.5 Å². The lowest BCUT2D eigenvalue weighted by Crippen LogP contribution is -2.36. The molecule has 0 bridgehead atoms. The van der Waals surface area contributed by atoms with Gasteiger partial charge in [0.15, 0.2) is 11.6 Å². The highest BCUT2D eigenvalue weighted by Crippen LogP contribution is 2.25. The molecule has 0 saturated carbocycles. The van der Waals surface area contributed by atoms with Crippen molar-refractivity contribution in [3.05, 3.63) is 30.0 Å². The first-order chi connectivity index (χ1) is 9.28. The number of hydrogen-bond acceptors (Lipinski definition) is 5. The SMILES string of the molecule is Cc1ccc(-c2ccc(N3CCCC3CN)nn2)o1. The Morgan fingerprint density at radius 1 is 1.32 bits per heavy atom. The zero-order chi connectivity index (χ0) is 13.2. The third-order valence-electron chi connectivity index (χ3n) is 3.59. The lowest BCUT2D eigenvalue weighted by molar-refractivity contribution is 0.545. The second kappa shape index (κ2) is 5.01. The number of rotatable bonds is 3. The van der Waals surface area contributed by atoms with Crippen molar-refractivity contribution < 1.29 is 4.42 Å². The van der Waals surface area contributed by atoms with Gasteiger partial charge in [-0.25, -0.2) is 0 Å². The van der Waals surface area contributed by atoms with Gasteiger partial charge in [0, 0.05) is 19.1 Å². The van der Waals surface area contributed by atoms with Gasteiger partial charge in [-0.1, -0.05) is 0 Å². The van der Waals surface area contributed by atoms with E-state index in [0.29, 0.717) is 12.6 Å². The third-order valence-corrected chi connectivity index (χ3v) is 3.59. The minimum atomic E-state index is 0.394. The molecule has 0 amide bonds. The van der Waals surface area contributed by atoms with E-state index in [-0.39, 0.29) is 0 Å². The average Bonchev–Trinajstić information content (AvgIpc) is 3.07. The summed E-state index contributed by atoms with van der Waals surface area (Å²) >= 11 is 0. The van der Waals surface area contributed by atoms with Gasteiger partial charge in [-0.3, -0.25) is 0 Å². The van der Waals surface area contributed by atoms with Gasteiger partial charge in [-0.15, -0.1) is 10.2 Å². The van der Waals surface area contributed by atoms with E-state index in [4.69, 9.17) is 10.2 Å². The second-order valence-corrected chi connectivity index (χ2v) is 4.91. The van der Waals surface area contributed by atoms with Crippen molar-refractivity contribution in [2.75, 3.05) is 18.0 Å². The summed E-state index contributed by atoms with van der Waals surface area (Å²) < 4.78 is 5.54. The van der Waals surface area contributed by atoms with Crippen LogP contribution >= 0.6 is 0 Å². The van der Waals surface area contributed by atoms with Crippen molar-refractivity contribution in [3.8, 4) is 11.5 Å². The molecule has 5 nitrogen and oxygen atoms in total. The Hall–Kier alpha value is -1.88. The lowest BCUT2D eigenvalue weighted by Gasteiger charge is -2.23. The Morgan fingerprint density at radius 3 is 2.84 bits per heavy atom. The quantitative estimate of drug-likeness (QED) is 0.911. The van der Waals surface area contributed by atoms with Crippen LogP contribution in [0, 0.1) is 6.92 Å². The maximum atomic E-state index is 5.78. The van der Waals surface area contributed by atoms with E-state index < -0.39 is 0 Å². The van der Waals surface area contributed by atoms with E-state index in [1.807, 2.05) is 31.2 Å². The van der Waals surface area contributed by atoms with Crippen molar-refractivity contribution in [3.63, 3.8) is 0 Å². The van der Waals surface area contributed by atoms with Crippen LogP contribution in [0.2, 0.25) is 0 Å². The minimum Gasteiger partial charge on any atom is -0.460 e. The molecule has 2 N–H and O–H groups in total. The maximum absolute atomic E-state index is 5.78. The molecule has 2 aromatic heterocycles. The van der Waals surface area contributed by atoms with Gasteiger partial charge in [0.05, 0.1) is 0 Å². The normalized spacial score (nSPS) is 19.1. The summed E-state index contributed by atoms with van der Waals surface area (Å²) in [6.07, 6.45) is 2.31. The topological polar surface area (TPSA) is 68.2 Å². The van der Waals surface area contributed by atoms with E-state index in [9.17, 15) is 0 Å². The highest BCUT2D eigenvalue weighted by molar-refractivity contribution is 5.54. The number of nitrogens with two attached hydrogens (primary N) is 1. The first-order valence-electron chi connectivity index (χ1n) is 6.65. The lowest BCUT2D eigenvalue weighted by atomic mass is 10.2. The monoisotopic (exact) mass is 258 g/mol. The molecule has 1 saturated heterocycles. The molecule has 3 rings (SSSR count). The molecule has 2 aromatic rings. The molecule has 1 atom stereocenters. The summed E-state index contributed by atoms with van der Waals surface area (Å²) in [5.74, 6) is 2.54. The first kappa shape index (κ1) is 12.2. The Bertz CT molecular complexity index is 549. The Labute approximate surface area is 112 Å². The van der Waals surface area contributed by atoms with Gasteiger partial charge in [-0.2, -0.15) is 0 Å². The van der Waals surface area contributed by atoms with Crippen molar-refractivity contribution in [1.29, 1.82) is 0 Å². The number of furan rings is 1. The van der Waals surface area contributed by atoms with E-state index in [1.54, 1.807) is 0 Å². The van der Waals surface area contributed by atoms with Gasteiger partial charge in [0.2, 0.25) is 0 Å². The third kappa shape index (κ3) is 2.33. The first-order valence-corrected chi connectivity index (χ1v) is 6.65. The maximum Gasteiger partial charge on any atom is 0.154 e. The molecule has 5 heteroatoms. The number of aryl methyl sites for hydroxylation is 1. The van der Waals surface area contributed by atoms with Gasteiger partial charge >= 0.3 is 0 Å². The molecular formula is C14H18N4O. The Morgan fingerprint density at radius 2 is 2.21 bits per heavy atom. The molecule has 1 unspecified atom stereocenters.